The maximum absolute atomic E-state index is 10.1. The maximum atomic E-state index is 10.1. The van der Waals surface area contributed by atoms with Crippen molar-refractivity contribution in [2.24, 2.45) is 0 Å². The summed E-state index contributed by atoms with van der Waals surface area (Å²) >= 11 is 3.53. The van der Waals surface area contributed by atoms with Gasteiger partial charge in [0, 0.05) is 4.32 Å². The Hall–Kier alpha value is 0.0969. The third kappa shape index (κ3) is 10.7. The summed E-state index contributed by atoms with van der Waals surface area (Å²) in [6, 6.07) is 0. The molecule has 1 N–H and O–H groups in total. The van der Waals surface area contributed by atoms with Gasteiger partial charge in [-0.05, 0) is 71.5 Å². The van der Waals surface area contributed by atoms with Crippen LogP contribution in [0.3, 0.4) is 0 Å². The largest absolute Gasteiger partial charge is 0.413 e. The van der Waals surface area contributed by atoms with Crippen molar-refractivity contribution < 1.29 is 9.53 Å². The fourth-order valence-electron chi connectivity index (χ4n) is 2.07. The van der Waals surface area contributed by atoms with E-state index in [4.69, 9.17) is 4.43 Å². The van der Waals surface area contributed by atoms with Gasteiger partial charge < -0.3 is 9.53 Å². The van der Waals surface area contributed by atoms with E-state index in [-0.39, 0.29) is 15.5 Å². The zero-order valence-electron chi connectivity index (χ0n) is 18.0. The highest BCUT2D eigenvalue weighted by Gasteiger charge is 2.36. The van der Waals surface area contributed by atoms with Gasteiger partial charge in [0.1, 0.15) is 0 Å². The Morgan fingerprint density at radius 1 is 1.04 bits per heavy atom. The Balaban J connectivity index is 4.22. The molecular formula is C21H41BrO2Si. The van der Waals surface area contributed by atoms with Crippen molar-refractivity contribution in [2.45, 2.75) is 103 Å². The number of hydrogen-bond acceptors (Lipinski definition) is 2. The molecule has 0 aromatic heterocycles. The first-order valence-electron chi connectivity index (χ1n) is 9.49. The standard InChI is InChI=1S/C21H41BrO2Si/c1-17(13-14-19(23)21(6,7)22)11-10-12-18(2)15-16-24-25(8,9)20(3,4)5/h11,15,19,23H,10,12-14,16H2,1-9H3/b17-11+,18-15+. The van der Waals surface area contributed by atoms with Crippen molar-refractivity contribution in [3.05, 3.63) is 23.3 Å². The molecule has 0 saturated heterocycles. The van der Waals surface area contributed by atoms with Gasteiger partial charge >= 0.3 is 0 Å². The van der Waals surface area contributed by atoms with Crippen molar-refractivity contribution in [3.63, 3.8) is 0 Å². The van der Waals surface area contributed by atoms with Crippen molar-refractivity contribution in [1.82, 2.24) is 0 Å². The average Bonchev–Trinajstić information content (AvgIpc) is 2.42. The number of hydrogen-bond donors (Lipinski definition) is 1. The summed E-state index contributed by atoms with van der Waals surface area (Å²) in [5.41, 5.74) is 2.76. The molecule has 1 unspecified atom stereocenters. The summed E-state index contributed by atoms with van der Waals surface area (Å²) in [5, 5.41) is 10.3. The SMILES string of the molecule is C/C(=C\CO[Si](C)(C)C(C)(C)C)CC/C=C(\C)CCC(O)C(C)(C)Br. The second-order valence-electron chi connectivity index (χ2n) is 9.33. The van der Waals surface area contributed by atoms with E-state index in [0.717, 1.165) is 32.3 Å². The molecule has 0 fully saturated rings. The number of halogens is 1. The van der Waals surface area contributed by atoms with Crippen LogP contribution in [0, 0.1) is 0 Å². The third-order valence-corrected chi connectivity index (χ3v) is 10.3. The van der Waals surface area contributed by atoms with E-state index in [1.165, 1.54) is 11.1 Å². The zero-order valence-corrected chi connectivity index (χ0v) is 20.6. The molecule has 1 atom stereocenters. The Morgan fingerprint density at radius 2 is 1.56 bits per heavy atom. The predicted molar refractivity (Wildman–Crippen MR) is 118 cm³/mol. The second-order valence-corrected chi connectivity index (χ2v) is 16.2. The molecule has 0 rings (SSSR count). The highest BCUT2D eigenvalue weighted by atomic mass is 79.9. The van der Waals surface area contributed by atoms with Gasteiger partial charge in [-0.1, -0.05) is 60.0 Å². The van der Waals surface area contributed by atoms with Crippen LogP contribution in [0.2, 0.25) is 18.1 Å². The topological polar surface area (TPSA) is 29.5 Å². The van der Waals surface area contributed by atoms with Gasteiger partial charge in [-0.25, -0.2) is 0 Å². The minimum atomic E-state index is -1.64. The summed E-state index contributed by atoms with van der Waals surface area (Å²) in [6.45, 7) is 20.5. The zero-order chi connectivity index (χ0) is 19.9. The number of allylic oxidation sites excluding steroid dienone is 3. The van der Waals surface area contributed by atoms with Crippen LogP contribution in [0.25, 0.3) is 0 Å². The first-order valence-corrected chi connectivity index (χ1v) is 13.2. The number of aliphatic hydroxyl groups excluding tert-OH is 1. The Bertz CT molecular complexity index is 453. The van der Waals surface area contributed by atoms with Gasteiger partial charge in [-0.3, -0.25) is 0 Å². The summed E-state index contributed by atoms with van der Waals surface area (Å²) < 4.78 is 5.99. The molecule has 0 heterocycles. The monoisotopic (exact) mass is 432 g/mol. The van der Waals surface area contributed by atoms with E-state index < -0.39 is 8.32 Å². The molecule has 0 aromatic rings. The number of aliphatic hydroxyl groups is 1. The van der Waals surface area contributed by atoms with E-state index in [1.807, 2.05) is 13.8 Å². The smallest absolute Gasteiger partial charge is 0.192 e. The minimum absolute atomic E-state index is 0.212. The van der Waals surface area contributed by atoms with Crippen molar-refractivity contribution in [1.29, 1.82) is 0 Å². The van der Waals surface area contributed by atoms with E-state index in [9.17, 15) is 5.11 Å². The van der Waals surface area contributed by atoms with Gasteiger partial charge in [-0.2, -0.15) is 0 Å². The molecule has 0 bridgehead atoms. The summed E-state index contributed by atoms with van der Waals surface area (Å²) in [7, 11) is -1.64. The normalized spacial score (nSPS) is 16.3. The van der Waals surface area contributed by atoms with E-state index in [2.05, 4.69) is 75.8 Å². The molecule has 2 nitrogen and oxygen atoms in total. The molecule has 25 heavy (non-hydrogen) atoms. The molecule has 148 valence electrons. The quantitative estimate of drug-likeness (QED) is 0.228. The summed E-state index contributed by atoms with van der Waals surface area (Å²) in [4.78, 5) is 0. The predicted octanol–water partition coefficient (Wildman–Crippen LogP) is 7.00. The van der Waals surface area contributed by atoms with Crippen LogP contribution < -0.4 is 0 Å². The Morgan fingerprint density at radius 3 is 2.04 bits per heavy atom. The lowest BCUT2D eigenvalue weighted by Crippen LogP contribution is -2.40. The molecule has 0 radical (unpaired) electrons. The Kier molecular flexibility index (Phi) is 10.5. The van der Waals surface area contributed by atoms with Crippen molar-refractivity contribution in [2.75, 3.05) is 6.61 Å². The average molecular weight is 434 g/mol. The van der Waals surface area contributed by atoms with Gasteiger partial charge in [0.25, 0.3) is 0 Å². The van der Waals surface area contributed by atoms with Crippen LogP contribution in [0.5, 0.6) is 0 Å². The number of rotatable bonds is 10. The lowest BCUT2D eigenvalue weighted by atomic mass is 9.99. The van der Waals surface area contributed by atoms with Crippen molar-refractivity contribution >= 4 is 24.2 Å². The van der Waals surface area contributed by atoms with Crippen LogP contribution in [0.4, 0.5) is 0 Å². The van der Waals surface area contributed by atoms with Crippen LogP contribution in [-0.2, 0) is 4.43 Å². The fraction of sp³-hybridized carbons (Fsp3) is 0.810. The van der Waals surface area contributed by atoms with Crippen LogP contribution in [0.15, 0.2) is 23.3 Å². The highest BCUT2D eigenvalue weighted by molar-refractivity contribution is 9.10. The second kappa shape index (κ2) is 10.4. The highest BCUT2D eigenvalue weighted by Crippen LogP contribution is 2.36. The first-order chi connectivity index (χ1) is 11.2. The summed E-state index contributed by atoms with van der Waals surface area (Å²) in [6.07, 6.45) is 8.11. The van der Waals surface area contributed by atoms with E-state index in [1.54, 1.807) is 0 Å². The van der Waals surface area contributed by atoms with Crippen LogP contribution in [0.1, 0.15) is 74.1 Å². The van der Waals surface area contributed by atoms with Gasteiger partial charge in [0.2, 0.25) is 0 Å². The lowest BCUT2D eigenvalue weighted by Gasteiger charge is -2.35. The van der Waals surface area contributed by atoms with Crippen LogP contribution >= 0.6 is 15.9 Å². The summed E-state index contributed by atoms with van der Waals surface area (Å²) in [5.74, 6) is 0. The van der Waals surface area contributed by atoms with Crippen molar-refractivity contribution in [3.8, 4) is 0 Å². The Labute approximate surface area is 166 Å². The molecule has 0 saturated carbocycles. The van der Waals surface area contributed by atoms with Gasteiger partial charge in [0.05, 0.1) is 12.7 Å². The van der Waals surface area contributed by atoms with Gasteiger partial charge in [0.15, 0.2) is 8.32 Å². The molecular weight excluding hydrogens is 392 g/mol. The van der Waals surface area contributed by atoms with E-state index >= 15 is 0 Å². The first kappa shape index (κ1) is 25.1. The minimum Gasteiger partial charge on any atom is -0.413 e. The third-order valence-electron chi connectivity index (χ3n) is 5.32. The lowest BCUT2D eigenvalue weighted by molar-refractivity contribution is 0.135. The molecule has 0 aliphatic rings. The van der Waals surface area contributed by atoms with Gasteiger partial charge in [-0.15, -0.1) is 0 Å². The van der Waals surface area contributed by atoms with E-state index in [0.29, 0.717) is 0 Å². The maximum Gasteiger partial charge on any atom is 0.192 e. The molecule has 0 aliphatic heterocycles. The molecule has 0 aromatic carbocycles. The molecule has 0 amide bonds. The number of alkyl halides is 1. The molecule has 0 spiro atoms. The molecule has 4 heteroatoms. The van der Waals surface area contributed by atoms with Crippen LogP contribution in [-0.4, -0.2) is 30.5 Å². The molecule has 0 aliphatic carbocycles. The fourth-order valence-corrected chi connectivity index (χ4v) is 3.23.